The first-order chi connectivity index (χ1) is 9.11. The molecule has 3 heteroatoms. The fourth-order valence-corrected chi connectivity index (χ4v) is 3.49. The van der Waals surface area contributed by atoms with E-state index in [1.54, 1.807) is 0 Å². The summed E-state index contributed by atoms with van der Waals surface area (Å²) in [7, 11) is 0. The number of aryl methyl sites for hydroxylation is 2. The second-order valence-electron chi connectivity index (χ2n) is 6.09. The van der Waals surface area contributed by atoms with Gasteiger partial charge in [0, 0.05) is 18.2 Å². The number of carbonyl (C=O) groups excluding carboxylic acids is 1. The van der Waals surface area contributed by atoms with Crippen molar-refractivity contribution in [3.05, 3.63) is 34.9 Å². The molecule has 1 atom stereocenters. The number of nitrogens with zero attached hydrogens (tertiary/aromatic N) is 1. The van der Waals surface area contributed by atoms with Crippen molar-refractivity contribution in [1.29, 1.82) is 0 Å². The maximum absolute atomic E-state index is 12.4. The van der Waals surface area contributed by atoms with Crippen molar-refractivity contribution in [2.45, 2.75) is 32.7 Å². The topological polar surface area (TPSA) is 32.3 Å². The zero-order valence-corrected chi connectivity index (χ0v) is 11.8. The molecule has 1 aromatic rings. The Balaban J connectivity index is 1.71. The van der Waals surface area contributed by atoms with Crippen LogP contribution < -0.4 is 5.32 Å². The van der Waals surface area contributed by atoms with Crippen LogP contribution in [0.5, 0.6) is 0 Å². The molecule has 0 aromatic heterocycles. The number of fused-ring (bicyclic) bond motifs is 3. The van der Waals surface area contributed by atoms with Crippen LogP contribution in [0.4, 0.5) is 0 Å². The molecule has 19 heavy (non-hydrogen) atoms. The van der Waals surface area contributed by atoms with Crippen LogP contribution in [0, 0.1) is 19.8 Å². The van der Waals surface area contributed by atoms with Crippen molar-refractivity contribution >= 4 is 5.91 Å². The molecule has 3 heterocycles. The predicted octanol–water partition coefficient (Wildman–Crippen LogP) is 2.13. The molecule has 0 aliphatic carbocycles. The third-order valence-corrected chi connectivity index (χ3v) is 4.46. The lowest BCUT2D eigenvalue weighted by Gasteiger charge is -2.44. The summed E-state index contributed by atoms with van der Waals surface area (Å²) in [5, 5.41) is 3.24. The maximum atomic E-state index is 12.4. The van der Waals surface area contributed by atoms with Crippen LogP contribution in [0.3, 0.4) is 0 Å². The van der Waals surface area contributed by atoms with E-state index in [1.165, 1.54) is 25.9 Å². The second-order valence-corrected chi connectivity index (χ2v) is 6.09. The van der Waals surface area contributed by atoms with Crippen LogP contribution >= 0.6 is 0 Å². The van der Waals surface area contributed by atoms with E-state index in [-0.39, 0.29) is 5.91 Å². The lowest BCUT2D eigenvalue weighted by atomic mass is 9.84. The Hall–Kier alpha value is -1.35. The smallest absolute Gasteiger partial charge is 0.251 e. The van der Waals surface area contributed by atoms with Gasteiger partial charge in [0.15, 0.2) is 0 Å². The number of piperidine rings is 3. The number of benzene rings is 1. The number of hydrogen-bond donors (Lipinski definition) is 1. The minimum Gasteiger partial charge on any atom is -0.348 e. The quantitative estimate of drug-likeness (QED) is 0.881. The summed E-state index contributed by atoms with van der Waals surface area (Å²) in [6, 6.07) is 6.40. The van der Waals surface area contributed by atoms with Crippen LogP contribution in [0.2, 0.25) is 0 Å². The Bertz CT molecular complexity index is 469. The summed E-state index contributed by atoms with van der Waals surface area (Å²) >= 11 is 0. The van der Waals surface area contributed by atoms with Gasteiger partial charge in [-0.3, -0.25) is 4.79 Å². The van der Waals surface area contributed by atoms with Gasteiger partial charge in [-0.05, 0) is 57.8 Å². The van der Waals surface area contributed by atoms with Gasteiger partial charge in [-0.1, -0.05) is 17.2 Å². The van der Waals surface area contributed by atoms with E-state index in [9.17, 15) is 4.79 Å². The van der Waals surface area contributed by atoms with Gasteiger partial charge >= 0.3 is 0 Å². The van der Waals surface area contributed by atoms with Crippen molar-refractivity contribution in [3.63, 3.8) is 0 Å². The third-order valence-electron chi connectivity index (χ3n) is 4.46. The Morgan fingerprint density at radius 3 is 2.32 bits per heavy atom. The van der Waals surface area contributed by atoms with Crippen LogP contribution in [0.15, 0.2) is 18.2 Å². The van der Waals surface area contributed by atoms with Gasteiger partial charge in [0.05, 0.1) is 0 Å². The van der Waals surface area contributed by atoms with Crippen LogP contribution in [0.25, 0.3) is 0 Å². The number of nitrogens with one attached hydrogen (secondary N) is 1. The minimum absolute atomic E-state index is 0.0885. The van der Waals surface area contributed by atoms with E-state index in [0.717, 1.165) is 23.2 Å². The van der Waals surface area contributed by atoms with E-state index in [4.69, 9.17) is 0 Å². The van der Waals surface area contributed by atoms with E-state index in [2.05, 4.69) is 16.3 Å². The maximum Gasteiger partial charge on any atom is 0.251 e. The molecule has 1 aromatic carbocycles. The summed E-state index contributed by atoms with van der Waals surface area (Å²) < 4.78 is 0. The molecule has 0 spiro atoms. The van der Waals surface area contributed by atoms with Gasteiger partial charge in [0.2, 0.25) is 0 Å². The lowest BCUT2D eigenvalue weighted by molar-refractivity contribution is 0.0620. The zero-order valence-electron chi connectivity index (χ0n) is 11.8. The van der Waals surface area contributed by atoms with Gasteiger partial charge in [-0.2, -0.15) is 0 Å². The highest BCUT2D eigenvalue weighted by molar-refractivity contribution is 5.94. The van der Waals surface area contributed by atoms with E-state index in [0.29, 0.717) is 12.0 Å². The Morgan fingerprint density at radius 2 is 1.79 bits per heavy atom. The highest BCUT2D eigenvalue weighted by Gasteiger charge is 2.34. The molecule has 1 N–H and O–H groups in total. The van der Waals surface area contributed by atoms with Crippen LogP contribution in [0.1, 0.15) is 34.3 Å². The lowest BCUT2D eigenvalue weighted by Crippen LogP contribution is -2.57. The molecular weight excluding hydrogens is 236 g/mol. The first kappa shape index (κ1) is 12.7. The molecule has 3 saturated heterocycles. The summed E-state index contributed by atoms with van der Waals surface area (Å²) in [5.74, 6) is 0.769. The summed E-state index contributed by atoms with van der Waals surface area (Å²) in [6.07, 6.45) is 2.47. The average molecular weight is 258 g/mol. The molecule has 1 unspecified atom stereocenters. The molecule has 1 amide bonds. The largest absolute Gasteiger partial charge is 0.348 e. The first-order valence-electron chi connectivity index (χ1n) is 7.23. The molecule has 2 bridgehead atoms. The summed E-state index contributed by atoms with van der Waals surface area (Å²) in [6.45, 7) is 7.53. The van der Waals surface area contributed by atoms with Gasteiger partial charge in [0.25, 0.3) is 5.91 Å². The Labute approximate surface area is 115 Å². The average Bonchev–Trinajstić information content (AvgIpc) is 2.39. The van der Waals surface area contributed by atoms with E-state index in [1.807, 2.05) is 26.0 Å². The molecule has 3 nitrogen and oxygen atoms in total. The van der Waals surface area contributed by atoms with Crippen LogP contribution in [-0.4, -0.2) is 36.5 Å². The monoisotopic (exact) mass is 258 g/mol. The molecule has 102 valence electrons. The first-order valence-corrected chi connectivity index (χ1v) is 7.23. The highest BCUT2D eigenvalue weighted by Crippen LogP contribution is 2.27. The summed E-state index contributed by atoms with van der Waals surface area (Å²) in [5.41, 5.74) is 3.10. The van der Waals surface area contributed by atoms with Crippen molar-refractivity contribution in [3.8, 4) is 0 Å². The number of amides is 1. The van der Waals surface area contributed by atoms with E-state index < -0.39 is 0 Å². The highest BCUT2D eigenvalue weighted by atomic mass is 16.1. The molecule has 3 fully saturated rings. The number of rotatable bonds is 2. The van der Waals surface area contributed by atoms with Crippen molar-refractivity contribution in [2.75, 3.05) is 19.6 Å². The standard InChI is InChI=1S/C16H22N2O/c1-11-7-12(2)9-14(8-11)16(19)17-15-10-18-5-3-13(15)4-6-18/h7-9,13,15H,3-6,10H2,1-2H3,(H,17,19). The molecule has 0 saturated carbocycles. The van der Waals surface area contributed by atoms with Crippen molar-refractivity contribution < 1.29 is 4.79 Å². The Kier molecular flexibility index (Phi) is 3.31. The zero-order chi connectivity index (χ0) is 13.4. The molecule has 3 aliphatic rings. The van der Waals surface area contributed by atoms with Crippen molar-refractivity contribution in [2.24, 2.45) is 5.92 Å². The molecule has 3 aliphatic heterocycles. The summed E-state index contributed by atoms with van der Waals surface area (Å²) in [4.78, 5) is 14.8. The van der Waals surface area contributed by atoms with Crippen LogP contribution in [-0.2, 0) is 0 Å². The van der Waals surface area contributed by atoms with Crippen molar-refractivity contribution in [1.82, 2.24) is 10.2 Å². The predicted molar refractivity (Wildman–Crippen MR) is 76.3 cm³/mol. The van der Waals surface area contributed by atoms with E-state index >= 15 is 0 Å². The Morgan fingerprint density at radius 1 is 1.16 bits per heavy atom. The van der Waals surface area contributed by atoms with Gasteiger partial charge in [-0.15, -0.1) is 0 Å². The molecule has 4 rings (SSSR count). The van der Waals surface area contributed by atoms with Gasteiger partial charge in [0.1, 0.15) is 0 Å². The van der Waals surface area contributed by atoms with Gasteiger partial charge < -0.3 is 10.2 Å². The normalized spacial score (nSPS) is 29.3. The fourth-order valence-electron chi connectivity index (χ4n) is 3.49. The second kappa shape index (κ2) is 4.97. The minimum atomic E-state index is 0.0885. The molecular formula is C16H22N2O. The number of hydrogen-bond acceptors (Lipinski definition) is 2. The molecule has 0 radical (unpaired) electrons. The SMILES string of the molecule is Cc1cc(C)cc(C(=O)NC2CN3CCC2CC3)c1. The number of carbonyl (C=O) groups is 1. The van der Waals surface area contributed by atoms with Gasteiger partial charge in [-0.25, -0.2) is 0 Å². The fraction of sp³-hybridized carbons (Fsp3) is 0.562. The third kappa shape index (κ3) is 2.66.